The molecule has 1 aromatic heterocycles. The number of aromatic carboxylic acids is 1. The molecular weight excluding hydrogens is 262 g/mol. The van der Waals surface area contributed by atoms with Crippen LogP contribution in [-0.4, -0.2) is 16.1 Å². The van der Waals surface area contributed by atoms with E-state index in [4.69, 9.17) is 0 Å². The summed E-state index contributed by atoms with van der Waals surface area (Å²) in [6.45, 7) is 3.76. The van der Waals surface area contributed by atoms with Gasteiger partial charge in [-0.15, -0.1) is 0 Å². The molecule has 0 aliphatic heterocycles. The van der Waals surface area contributed by atoms with Gasteiger partial charge in [0.2, 0.25) is 0 Å². The highest BCUT2D eigenvalue weighted by Crippen LogP contribution is 2.33. The predicted octanol–water partition coefficient (Wildman–Crippen LogP) is 4.22. The predicted molar refractivity (Wildman–Crippen MR) is 83.6 cm³/mol. The van der Waals surface area contributed by atoms with E-state index in [2.05, 4.69) is 4.98 Å². The normalized spacial score (nSPS) is 10.8. The van der Waals surface area contributed by atoms with Crippen molar-refractivity contribution in [3.8, 4) is 11.1 Å². The molecule has 0 saturated carbocycles. The number of carboxylic acids is 1. The molecule has 0 saturated heterocycles. The zero-order valence-electron chi connectivity index (χ0n) is 11.9. The molecule has 0 bridgehead atoms. The summed E-state index contributed by atoms with van der Waals surface area (Å²) in [6, 6.07) is 15.6. The van der Waals surface area contributed by atoms with Gasteiger partial charge in [0.1, 0.15) is 0 Å². The van der Waals surface area contributed by atoms with Crippen molar-refractivity contribution in [2.45, 2.75) is 13.8 Å². The Kier molecular flexibility index (Phi) is 3.18. The van der Waals surface area contributed by atoms with Crippen LogP contribution in [0.4, 0.5) is 0 Å². The molecule has 0 aliphatic rings. The molecule has 3 aromatic rings. The Morgan fingerprint density at radius 2 is 1.67 bits per heavy atom. The quantitative estimate of drug-likeness (QED) is 0.763. The summed E-state index contributed by atoms with van der Waals surface area (Å²) in [4.78, 5) is 16.1. The maximum absolute atomic E-state index is 11.7. The van der Waals surface area contributed by atoms with Crippen LogP contribution in [0.25, 0.3) is 22.0 Å². The number of aromatic nitrogens is 1. The molecule has 1 heterocycles. The molecule has 1 N–H and O–H groups in total. The van der Waals surface area contributed by atoms with E-state index in [1.165, 1.54) is 0 Å². The molecule has 0 spiro atoms. The zero-order chi connectivity index (χ0) is 15.0. The highest BCUT2D eigenvalue weighted by molar-refractivity contribution is 6.07. The minimum Gasteiger partial charge on any atom is -0.478 e. The van der Waals surface area contributed by atoms with Crippen molar-refractivity contribution in [3.63, 3.8) is 0 Å². The van der Waals surface area contributed by atoms with Crippen molar-refractivity contribution in [2.75, 3.05) is 0 Å². The number of fused-ring (bicyclic) bond motifs is 1. The van der Waals surface area contributed by atoms with Gasteiger partial charge < -0.3 is 5.11 Å². The van der Waals surface area contributed by atoms with Crippen molar-refractivity contribution in [3.05, 3.63) is 65.4 Å². The third-order valence-corrected chi connectivity index (χ3v) is 3.63. The van der Waals surface area contributed by atoms with E-state index in [9.17, 15) is 9.90 Å². The van der Waals surface area contributed by atoms with Gasteiger partial charge in [-0.1, -0.05) is 48.0 Å². The number of benzene rings is 2. The second-order valence-corrected chi connectivity index (χ2v) is 5.14. The summed E-state index contributed by atoms with van der Waals surface area (Å²) in [5, 5.41) is 10.4. The SMILES string of the molecule is Cc1ccc(-c2c(C(=O)O)c(C)nc3ccccc23)cc1. The van der Waals surface area contributed by atoms with Crippen LogP contribution in [0.2, 0.25) is 0 Å². The van der Waals surface area contributed by atoms with Crippen molar-refractivity contribution < 1.29 is 9.90 Å². The second kappa shape index (κ2) is 5.02. The van der Waals surface area contributed by atoms with Gasteiger partial charge >= 0.3 is 5.97 Å². The van der Waals surface area contributed by atoms with Crippen molar-refractivity contribution in [1.29, 1.82) is 0 Å². The number of nitrogens with zero attached hydrogens (tertiary/aromatic N) is 1. The van der Waals surface area contributed by atoms with E-state index in [1.807, 2.05) is 55.5 Å². The fraction of sp³-hybridized carbons (Fsp3) is 0.111. The lowest BCUT2D eigenvalue weighted by atomic mass is 9.94. The Morgan fingerprint density at radius 3 is 2.33 bits per heavy atom. The molecular formula is C18H15NO2. The molecule has 0 fully saturated rings. The number of carboxylic acid groups (broad SMARTS) is 1. The third kappa shape index (κ3) is 2.27. The highest BCUT2D eigenvalue weighted by atomic mass is 16.4. The highest BCUT2D eigenvalue weighted by Gasteiger charge is 2.19. The van der Waals surface area contributed by atoms with Crippen molar-refractivity contribution in [2.24, 2.45) is 0 Å². The molecule has 0 radical (unpaired) electrons. The number of hydrogen-bond donors (Lipinski definition) is 1. The molecule has 2 aromatic carbocycles. The first kappa shape index (κ1) is 13.3. The average Bonchev–Trinajstić information content (AvgIpc) is 2.46. The van der Waals surface area contributed by atoms with Crippen LogP contribution >= 0.6 is 0 Å². The first-order valence-electron chi connectivity index (χ1n) is 6.77. The van der Waals surface area contributed by atoms with Crippen LogP contribution in [0.5, 0.6) is 0 Å². The Balaban J connectivity index is 2.44. The first-order chi connectivity index (χ1) is 10.1. The summed E-state index contributed by atoms with van der Waals surface area (Å²) in [5.74, 6) is -0.943. The number of hydrogen-bond acceptors (Lipinski definition) is 2. The fourth-order valence-corrected chi connectivity index (χ4v) is 2.62. The van der Waals surface area contributed by atoms with E-state index in [1.54, 1.807) is 6.92 Å². The summed E-state index contributed by atoms with van der Waals surface area (Å²) < 4.78 is 0. The lowest BCUT2D eigenvalue weighted by molar-refractivity contribution is 0.0696. The van der Waals surface area contributed by atoms with Crippen molar-refractivity contribution >= 4 is 16.9 Å². The van der Waals surface area contributed by atoms with Crippen LogP contribution in [0, 0.1) is 13.8 Å². The lowest BCUT2D eigenvalue weighted by Crippen LogP contribution is -2.06. The maximum atomic E-state index is 11.7. The number of rotatable bonds is 2. The van der Waals surface area contributed by atoms with Crippen LogP contribution in [0.1, 0.15) is 21.6 Å². The monoisotopic (exact) mass is 277 g/mol. The second-order valence-electron chi connectivity index (χ2n) is 5.14. The zero-order valence-corrected chi connectivity index (χ0v) is 11.9. The Bertz CT molecular complexity index is 836. The molecule has 21 heavy (non-hydrogen) atoms. The summed E-state index contributed by atoms with van der Waals surface area (Å²) >= 11 is 0. The molecule has 3 rings (SSSR count). The van der Waals surface area contributed by atoms with E-state index in [-0.39, 0.29) is 5.56 Å². The largest absolute Gasteiger partial charge is 0.478 e. The van der Waals surface area contributed by atoms with Gasteiger partial charge in [0.15, 0.2) is 0 Å². The summed E-state index contributed by atoms with van der Waals surface area (Å²) in [6.07, 6.45) is 0. The number of para-hydroxylation sites is 1. The summed E-state index contributed by atoms with van der Waals surface area (Å²) in [7, 11) is 0. The molecule has 3 nitrogen and oxygen atoms in total. The number of aryl methyl sites for hydroxylation is 2. The Hall–Kier alpha value is -2.68. The Labute approximate surface area is 122 Å². The minimum atomic E-state index is -0.943. The van der Waals surface area contributed by atoms with Gasteiger partial charge in [0, 0.05) is 10.9 Å². The average molecular weight is 277 g/mol. The summed E-state index contributed by atoms with van der Waals surface area (Å²) in [5.41, 5.74) is 4.42. The smallest absolute Gasteiger partial charge is 0.338 e. The third-order valence-electron chi connectivity index (χ3n) is 3.63. The fourth-order valence-electron chi connectivity index (χ4n) is 2.62. The topological polar surface area (TPSA) is 50.2 Å². The minimum absolute atomic E-state index is 0.276. The molecule has 0 unspecified atom stereocenters. The number of carbonyl (C=O) groups is 1. The van der Waals surface area contributed by atoms with Crippen LogP contribution in [0.15, 0.2) is 48.5 Å². The molecule has 0 atom stereocenters. The van der Waals surface area contributed by atoms with Gasteiger partial charge in [0.25, 0.3) is 0 Å². The first-order valence-corrected chi connectivity index (χ1v) is 6.77. The molecule has 0 amide bonds. The van der Waals surface area contributed by atoms with E-state index in [0.717, 1.165) is 27.6 Å². The number of pyridine rings is 1. The van der Waals surface area contributed by atoms with Gasteiger partial charge in [0.05, 0.1) is 16.8 Å². The lowest BCUT2D eigenvalue weighted by Gasteiger charge is -2.13. The standard InChI is InChI=1S/C18H15NO2/c1-11-7-9-13(10-8-11)17-14-5-3-4-6-15(14)19-12(2)16(17)18(20)21/h3-10H,1-2H3,(H,20,21). The van der Waals surface area contributed by atoms with Crippen molar-refractivity contribution in [1.82, 2.24) is 4.98 Å². The van der Waals surface area contributed by atoms with Gasteiger partial charge in [-0.25, -0.2) is 4.79 Å². The van der Waals surface area contributed by atoms with E-state index < -0.39 is 5.97 Å². The molecule has 3 heteroatoms. The van der Waals surface area contributed by atoms with Gasteiger partial charge in [-0.2, -0.15) is 0 Å². The van der Waals surface area contributed by atoms with Crippen LogP contribution in [-0.2, 0) is 0 Å². The van der Waals surface area contributed by atoms with Gasteiger partial charge in [-0.05, 0) is 25.5 Å². The van der Waals surface area contributed by atoms with E-state index >= 15 is 0 Å². The maximum Gasteiger partial charge on any atom is 0.338 e. The van der Waals surface area contributed by atoms with Crippen LogP contribution < -0.4 is 0 Å². The van der Waals surface area contributed by atoms with Gasteiger partial charge in [-0.3, -0.25) is 4.98 Å². The Morgan fingerprint density at radius 1 is 1.00 bits per heavy atom. The van der Waals surface area contributed by atoms with E-state index in [0.29, 0.717) is 5.69 Å². The molecule has 104 valence electrons. The van der Waals surface area contributed by atoms with Crippen LogP contribution in [0.3, 0.4) is 0 Å². The molecule has 0 aliphatic carbocycles.